The van der Waals surface area contributed by atoms with Crippen molar-refractivity contribution in [2.45, 2.75) is 19.9 Å². The number of ether oxygens (including phenoxy) is 2. The summed E-state index contributed by atoms with van der Waals surface area (Å²) in [5, 5.41) is 11.6. The van der Waals surface area contributed by atoms with Crippen LogP contribution in [0.3, 0.4) is 0 Å². The first-order chi connectivity index (χ1) is 10.4. The Hall–Kier alpha value is -2.50. The molecule has 0 saturated heterocycles. The van der Waals surface area contributed by atoms with Crippen LogP contribution in [0.4, 0.5) is 0 Å². The molecule has 2 rings (SSSR count). The molecule has 1 aromatic rings. The SMILES string of the molecule is COc1ccc2c(c1)C=C(C(=O)NC(C)C(C)C(=O)O)CO2. The number of aliphatic carboxylic acids is 1. The quantitative estimate of drug-likeness (QED) is 0.865. The van der Waals surface area contributed by atoms with E-state index in [1.165, 1.54) is 0 Å². The Kier molecular flexibility index (Phi) is 4.70. The Morgan fingerprint density at radius 1 is 1.36 bits per heavy atom. The molecule has 0 bridgehead atoms. The van der Waals surface area contributed by atoms with Gasteiger partial charge in [0.2, 0.25) is 0 Å². The van der Waals surface area contributed by atoms with E-state index in [0.29, 0.717) is 17.1 Å². The third-order valence-corrected chi connectivity index (χ3v) is 3.72. The first kappa shape index (κ1) is 15.9. The highest BCUT2D eigenvalue weighted by Gasteiger charge is 2.24. The number of methoxy groups -OCH3 is 1. The maximum atomic E-state index is 12.2. The Morgan fingerprint density at radius 3 is 2.73 bits per heavy atom. The number of nitrogens with one attached hydrogen (secondary N) is 1. The lowest BCUT2D eigenvalue weighted by Crippen LogP contribution is -2.41. The summed E-state index contributed by atoms with van der Waals surface area (Å²) in [5.74, 6) is -0.579. The number of carbonyl (C=O) groups excluding carboxylic acids is 1. The molecule has 0 radical (unpaired) electrons. The number of hydrogen-bond donors (Lipinski definition) is 2. The van der Waals surface area contributed by atoms with E-state index in [9.17, 15) is 9.59 Å². The van der Waals surface area contributed by atoms with E-state index >= 15 is 0 Å². The summed E-state index contributed by atoms with van der Waals surface area (Å²) in [4.78, 5) is 23.1. The number of rotatable bonds is 5. The zero-order valence-corrected chi connectivity index (χ0v) is 12.8. The number of hydrogen-bond acceptors (Lipinski definition) is 4. The lowest BCUT2D eigenvalue weighted by atomic mass is 10.0. The second-order valence-electron chi connectivity index (χ2n) is 5.25. The minimum Gasteiger partial charge on any atom is -0.497 e. The van der Waals surface area contributed by atoms with Gasteiger partial charge in [0.05, 0.1) is 18.6 Å². The van der Waals surface area contributed by atoms with Gasteiger partial charge in [0.1, 0.15) is 18.1 Å². The Labute approximate surface area is 128 Å². The molecular formula is C16H19NO5. The van der Waals surface area contributed by atoms with Gasteiger partial charge in [-0.1, -0.05) is 0 Å². The lowest BCUT2D eigenvalue weighted by Gasteiger charge is -2.21. The van der Waals surface area contributed by atoms with E-state index in [-0.39, 0.29) is 12.5 Å². The van der Waals surface area contributed by atoms with Crippen molar-refractivity contribution < 1.29 is 24.2 Å². The molecule has 0 spiro atoms. The van der Waals surface area contributed by atoms with Gasteiger partial charge in [-0.3, -0.25) is 9.59 Å². The van der Waals surface area contributed by atoms with Crippen LogP contribution in [0.5, 0.6) is 11.5 Å². The monoisotopic (exact) mass is 305 g/mol. The van der Waals surface area contributed by atoms with Crippen molar-refractivity contribution in [2.75, 3.05) is 13.7 Å². The molecule has 2 unspecified atom stereocenters. The summed E-state index contributed by atoms with van der Waals surface area (Å²) in [7, 11) is 1.57. The first-order valence-electron chi connectivity index (χ1n) is 6.97. The van der Waals surface area contributed by atoms with Gasteiger partial charge in [-0.2, -0.15) is 0 Å². The van der Waals surface area contributed by atoms with Crippen molar-refractivity contribution >= 4 is 18.0 Å². The van der Waals surface area contributed by atoms with Gasteiger partial charge >= 0.3 is 5.97 Å². The molecule has 0 fully saturated rings. The van der Waals surface area contributed by atoms with E-state index in [1.807, 2.05) is 0 Å². The van der Waals surface area contributed by atoms with Crippen molar-refractivity contribution in [2.24, 2.45) is 5.92 Å². The number of carboxylic acid groups (broad SMARTS) is 1. The average Bonchev–Trinajstić information content (AvgIpc) is 2.52. The van der Waals surface area contributed by atoms with E-state index in [4.69, 9.17) is 14.6 Å². The molecule has 1 amide bonds. The molecule has 1 aliphatic rings. The van der Waals surface area contributed by atoms with E-state index in [0.717, 1.165) is 5.56 Å². The highest BCUT2D eigenvalue weighted by Crippen LogP contribution is 2.29. The van der Waals surface area contributed by atoms with E-state index in [1.54, 1.807) is 45.2 Å². The highest BCUT2D eigenvalue weighted by atomic mass is 16.5. The Morgan fingerprint density at radius 2 is 2.09 bits per heavy atom. The van der Waals surface area contributed by atoms with E-state index < -0.39 is 17.9 Å². The zero-order valence-electron chi connectivity index (χ0n) is 12.8. The average molecular weight is 305 g/mol. The van der Waals surface area contributed by atoms with Crippen molar-refractivity contribution in [3.05, 3.63) is 29.3 Å². The molecule has 2 N–H and O–H groups in total. The van der Waals surface area contributed by atoms with Crippen LogP contribution < -0.4 is 14.8 Å². The fraction of sp³-hybridized carbons (Fsp3) is 0.375. The van der Waals surface area contributed by atoms with Gasteiger partial charge in [-0.05, 0) is 38.1 Å². The van der Waals surface area contributed by atoms with Gasteiger partial charge in [-0.15, -0.1) is 0 Å². The summed E-state index contributed by atoms with van der Waals surface area (Å²) in [6.07, 6.45) is 1.73. The summed E-state index contributed by atoms with van der Waals surface area (Å²) in [6.45, 7) is 3.37. The molecular weight excluding hydrogens is 286 g/mol. The largest absolute Gasteiger partial charge is 0.497 e. The fourth-order valence-corrected chi connectivity index (χ4v) is 2.05. The number of fused-ring (bicyclic) bond motifs is 1. The summed E-state index contributed by atoms with van der Waals surface area (Å²) < 4.78 is 10.7. The summed E-state index contributed by atoms with van der Waals surface area (Å²) in [5.41, 5.74) is 1.21. The minimum absolute atomic E-state index is 0.152. The van der Waals surface area contributed by atoms with E-state index in [2.05, 4.69) is 5.32 Å². The predicted molar refractivity (Wildman–Crippen MR) is 80.9 cm³/mol. The predicted octanol–water partition coefficient (Wildman–Crippen LogP) is 1.70. The van der Waals surface area contributed by atoms with Crippen molar-refractivity contribution in [1.82, 2.24) is 5.32 Å². The second kappa shape index (κ2) is 6.51. The van der Waals surface area contributed by atoms with Gasteiger partial charge < -0.3 is 19.9 Å². The smallest absolute Gasteiger partial charge is 0.308 e. The van der Waals surface area contributed by atoms with Crippen molar-refractivity contribution in [1.29, 1.82) is 0 Å². The molecule has 6 heteroatoms. The van der Waals surface area contributed by atoms with Gasteiger partial charge in [0.25, 0.3) is 5.91 Å². The molecule has 0 aromatic heterocycles. The van der Waals surface area contributed by atoms with Crippen LogP contribution in [-0.2, 0) is 9.59 Å². The molecule has 2 atom stereocenters. The zero-order chi connectivity index (χ0) is 16.3. The van der Waals surface area contributed by atoms with Gasteiger partial charge in [-0.25, -0.2) is 0 Å². The standard InChI is InChI=1S/C16H19NO5/c1-9(16(19)20)10(2)17-15(18)12-6-11-7-13(21-3)4-5-14(11)22-8-12/h4-7,9-10H,8H2,1-3H3,(H,17,18)(H,19,20). The summed E-state index contributed by atoms with van der Waals surface area (Å²) >= 11 is 0. The normalized spacial score (nSPS) is 15.7. The third-order valence-electron chi connectivity index (χ3n) is 3.72. The molecule has 22 heavy (non-hydrogen) atoms. The summed E-state index contributed by atoms with van der Waals surface area (Å²) in [6, 6.07) is 4.88. The Balaban J connectivity index is 2.14. The van der Waals surface area contributed by atoms with Crippen LogP contribution in [0.2, 0.25) is 0 Å². The number of benzene rings is 1. The van der Waals surface area contributed by atoms with Gasteiger partial charge in [0.15, 0.2) is 0 Å². The minimum atomic E-state index is -0.947. The second-order valence-corrected chi connectivity index (χ2v) is 5.25. The molecule has 1 aromatic carbocycles. The van der Waals surface area contributed by atoms with Crippen LogP contribution in [0.25, 0.3) is 6.08 Å². The molecule has 0 aliphatic carbocycles. The van der Waals surface area contributed by atoms with Crippen LogP contribution in [0, 0.1) is 5.92 Å². The fourth-order valence-electron chi connectivity index (χ4n) is 2.05. The lowest BCUT2D eigenvalue weighted by molar-refractivity contribution is -0.142. The number of amides is 1. The van der Waals surface area contributed by atoms with Crippen LogP contribution in [0.15, 0.2) is 23.8 Å². The molecule has 6 nitrogen and oxygen atoms in total. The van der Waals surface area contributed by atoms with Crippen molar-refractivity contribution in [3.8, 4) is 11.5 Å². The maximum Gasteiger partial charge on any atom is 0.308 e. The van der Waals surface area contributed by atoms with Crippen molar-refractivity contribution in [3.63, 3.8) is 0 Å². The molecule has 0 saturated carbocycles. The molecule has 1 aliphatic heterocycles. The topological polar surface area (TPSA) is 84.9 Å². The number of carboxylic acids is 1. The molecule has 1 heterocycles. The molecule has 118 valence electrons. The van der Waals surface area contributed by atoms with Gasteiger partial charge in [0, 0.05) is 11.6 Å². The first-order valence-corrected chi connectivity index (χ1v) is 6.97. The van der Waals surface area contributed by atoms with Crippen LogP contribution in [0.1, 0.15) is 19.4 Å². The van der Waals surface area contributed by atoms with Crippen LogP contribution >= 0.6 is 0 Å². The maximum absolute atomic E-state index is 12.2. The number of carbonyl (C=O) groups is 2. The van der Waals surface area contributed by atoms with Crippen LogP contribution in [-0.4, -0.2) is 36.7 Å². The third kappa shape index (κ3) is 3.39. The Bertz CT molecular complexity index is 623. The highest BCUT2D eigenvalue weighted by molar-refractivity contribution is 5.99.